The number of halogens is 1. The number of aliphatic hydroxyl groups is 1. The highest BCUT2D eigenvalue weighted by atomic mass is 35.5. The minimum Gasteiger partial charge on any atom is -0.393 e. The number of amides is 1. The van der Waals surface area contributed by atoms with Gasteiger partial charge in [0.25, 0.3) is 5.91 Å². The third-order valence-electron chi connectivity index (χ3n) is 3.14. The maximum atomic E-state index is 12.0. The summed E-state index contributed by atoms with van der Waals surface area (Å²) in [6, 6.07) is 0.171. The van der Waals surface area contributed by atoms with Gasteiger partial charge in [0.15, 0.2) is 0 Å². The summed E-state index contributed by atoms with van der Waals surface area (Å²) >= 11 is 7.43. The molecule has 0 saturated heterocycles. The molecule has 0 radical (unpaired) electrons. The van der Waals surface area contributed by atoms with Gasteiger partial charge >= 0.3 is 0 Å². The van der Waals surface area contributed by atoms with Crippen molar-refractivity contribution in [2.75, 3.05) is 0 Å². The van der Waals surface area contributed by atoms with Crippen LogP contribution in [0.3, 0.4) is 0 Å². The molecule has 0 aliphatic heterocycles. The summed E-state index contributed by atoms with van der Waals surface area (Å²) in [4.78, 5) is 12.6. The molecule has 1 aromatic heterocycles. The molecular weight excluding hydrogens is 258 g/mol. The third kappa shape index (κ3) is 3.00. The predicted molar refractivity (Wildman–Crippen MR) is 69.8 cm³/mol. The molecule has 1 saturated carbocycles. The van der Waals surface area contributed by atoms with Crippen molar-refractivity contribution in [3.05, 3.63) is 20.8 Å². The molecule has 1 aromatic rings. The zero-order chi connectivity index (χ0) is 12.4. The Morgan fingerprint density at radius 2 is 2.12 bits per heavy atom. The van der Waals surface area contributed by atoms with Gasteiger partial charge in [-0.25, -0.2) is 0 Å². The SMILES string of the molecule is Cc1csc(C(=O)NC2CCC(O)CC2)c1Cl. The summed E-state index contributed by atoms with van der Waals surface area (Å²) in [7, 11) is 0. The molecule has 94 valence electrons. The quantitative estimate of drug-likeness (QED) is 0.870. The first-order valence-electron chi connectivity index (χ1n) is 5.80. The lowest BCUT2D eigenvalue weighted by atomic mass is 9.93. The predicted octanol–water partition coefficient (Wildman–Crippen LogP) is 2.74. The number of hydrogen-bond acceptors (Lipinski definition) is 3. The first kappa shape index (κ1) is 12.9. The van der Waals surface area contributed by atoms with Crippen LogP contribution in [0.25, 0.3) is 0 Å². The van der Waals surface area contributed by atoms with Gasteiger partial charge in [0.05, 0.1) is 11.1 Å². The lowest BCUT2D eigenvalue weighted by molar-refractivity contribution is 0.0871. The van der Waals surface area contributed by atoms with E-state index >= 15 is 0 Å². The van der Waals surface area contributed by atoms with Gasteiger partial charge in [0.2, 0.25) is 0 Å². The van der Waals surface area contributed by atoms with Crippen molar-refractivity contribution >= 4 is 28.8 Å². The number of hydrogen-bond donors (Lipinski definition) is 2. The van der Waals surface area contributed by atoms with Crippen molar-refractivity contribution in [1.29, 1.82) is 0 Å². The highest BCUT2D eigenvalue weighted by Crippen LogP contribution is 2.27. The molecule has 1 amide bonds. The van der Waals surface area contributed by atoms with Gasteiger partial charge in [-0.15, -0.1) is 11.3 Å². The lowest BCUT2D eigenvalue weighted by Gasteiger charge is -2.26. The van der Waals surface area contributed by atoms with Crippen molar-refractivity contribution in [2.45, 2.75) is 44.8 Å². The Labute approximate surface area is 110 Å². The smallest absolute Gasteiger partial charge is 0.263 e. The van der Waals surface area contributed by atoms with Gasteiger partial charge in [-0.2, -0.15) is 0 Å². The van der Waals surface area contributed by atoms with E-state index in [0.717, 1.165) is 31.2 Å². The van der Waals surface area contributed by atoms with Gasteiger partial charge in [-0.3, -0.25) is 4.79 Å². The van der Waals surface area contributed by atoms with Crippen molar-refractivity contribution in [3.8, 4) is 0 Å². The van der Waals surface area contributed by atoms with Crippen LogP contribution >= 0.6 is 22.9 Å². The highest BCUT2D eigenvalue weighted by Gasteiger charge is 2.23. The second kappa shape index (κ2) is 5.38. The van der Waals surface area contributed by atoms with Crippen LogP contribution in [0.2, 0.25) is 5.02 Å². The summed E-state index contributed by atoms with van der Waals surface area (Å²) in [5, 5.41) is 14.8. The molecule has 1 heterocycles. The molecule has 0 aromatic carbocycles. The molecule has 0 unspecified atom stereocenters. The van der Waals surface area contributed by atoms with E-state index < -0.39 is 0 Å². The Bertz CT molecular complexity index is 411. The molecule has 5 heteroatoms. The molecule has 17 heavy (non-hydrogen) atoms. The molecule has 2 N–H and O–H groups in total. The first-order valence-corrected chi connectivity index (χ1v) is 7.06. The number of rotatable bonds is 2. The number of carbonyl (C=O) groups is 1. The van der Waals surface area contributed by atoms with Crippen molar-refractivity contribution in [2.24, 2.45) is 0 Å². The van der Waals surface area contributed by atoms with Crippen LogP contribution < -0.4 is 5.32 Å². The highest BCUT2D eigenvalue weighted by molar-refractivity contribution is 7.13. The Hall–Kier alpha value is -0.580. The molecule has 2 rings (SSSR count). The Kier molecular flexibility index (Phi) is 4.07. The third-order valence-corrected chi connectivity index (χ3v) is 4.83. The molecule has 0 spiro atoms. The second-order valence-corrected chi connectivity index (χ2v) is 5.80. The minimum absolute atomic E-state index is 0.0884. The van der Waals surface area contributed by atoms with Crippen LogP contribution in [0.4, 0.5) is 0 Å². The van der Waals surface area contributed by atoms with E-state index in [1.54, 1.807) is 0 Å². The van der Waals surface area contributed by atoms with Crippen LogP contribution in [0, 0.1) is 6.92 Å². The largest absolute Gasteiger partial charge is 0.393 e. The monoisotopic (exact) mass is 273 g/mol. The number of thiophene rings is 1. The van der Waals surface area contributed by atoms with Crippen LogP contribution in [-0.4, -0.2) is 23.2 Å². The topological polar surface area (TPSA) is 49.3 Å². The normalized spacial score (nSPS) is 24.6. The maximum absolute atomic E-state index is 12.0. The summed E-state index contributed by atoms with van der Waals surface area (Å²) in [5.74, 6) is -0.0884. The molecule has 1 fully saturated rings. The van der Waals surface area contributed by atoms with Gasteiger partial charge in [0, 0.05) is 6.04 Å². The average Bonchev–Trinajstić information content (AvgIpc) is 2.63. The molecule has 1 aliphatic carbocycles. The molecule has 1 aliphatic rings. The van der Waals surface area contributed by atoms with Gasteiger partial charge in [-0.1, -0.05) is 11.6 Å². The fraction of sp³-hybridized carbons (Fsp3) is 0.583. The van der Waals surface area contributed by atoms with Crippen molar-refractivity contribution in [1.82, 2.24) is 5.32 Å². The van der Waals surface area contributed by atoms with E-state index in [2.05, 4.69) is 5.32 Å². The van der Waals surface area contributed by atoms with E-state index in [9.17, 15) is 9.90 Å². The molecule has 0 bridgehead atoms. The van der Waals surface area contributed by atoms with Gasteiger partial charge in [0.1, 0.15) is 4.88 Å². The van der Waals surface area contributed by atoms with Gasteiger partial charge in [-0.05, 0) is 43.6 Å². The van der Waals surface area contributed by atoms with Crippen molar-refractivity contribution in [3.63, 3.8) is 0 Å². The first-order chi connectivity index (χ1) is 8.08. The zero-order valence-electron chi connectivity index (χ0n) is 9.70. The van der Waals surface area contributed by atoms with E-state index in [-0.39, 0.29) is 18.1 Å². The number of nitrogens with one attached hydrogen (secondary N) is 1. The Balaban J connectivity index is 1.95. The standard InChI is InChI=1S/C12H16ClNO2S/c1-7-6-17-11(10(7)13)12(16)14-8-2-4-9(15)5-3-8/h6,8-9,15H,2-5H2,1H3,(H,14,16). The minimum atomic E-state index is -0.198. The van der Waals surface area contributed by atoms with Crippen LogP contribution in [0.1, 0.15) is 40.9 Å². The van der Waals surface area contributed by atoms with Crippen molar-refractivity contribution < 1.29 is 9.90 Å². The lowest BCUT2D eigenvalue weighted by Crippen LogP contribution is -2.38. The summed E-state index contributed by atoms with van der Waals surface area (Å²) in [6.45, 7) is 1.90. The van der Waals surface area contributed by atoms with Gasteiger partial charge < -0.3 is 10.4 Å². The fourth-order valence-electron chi connectivity index (χ4n) is 2.05. The number of aliphatic hydroxyl groups excluding tert-OH is 1. The van der Waals surface area contributed by atoms with E-state index in [1.807, 2.05) is 12.3 Å². The van der Waals surface area contributed by atoms with Crippen LogP contribution in [-0.2, 0) is 0 Å². The summed E-state index contributed by atoms with van der Waals surface area (Å²) in [6.07, 6.45) is 3.02. The van der Waals surface area contributed by atoms with Crippen LogP contribution in [0.15, 0.2) is 5.38 Å². The number of aryl methyl sites for hydroxylation is 1. The summed E-state index contributed by atoms with van der Waals surface area (Å²) in [5.41, 5.74) is 0.945. The number of carbonyl (C=O) groups excluding carboxylic acids is 1. The van der Waals surface area contributed by atoms with E-state index in [0.29, 0.717) is 9.90 Å². The Morgan fingerprint density at radius 3 is 2.65 bits per heavy atom. The average molecular weight is 274 g/mol. The van der Waals surface area contributed by atoms with E-state index in [1.165, 1.54) is 11.3 Å². The Morgan fingerprint density at radius 1 is 1.47 bits per heavy atom. The molecule has 3 nitrogen and oxygen atoms in total. The fourth-order valence-corrected chi connectivity index (χ4v) is 3.24. The zero-order valence-corrected chi connectivity index (χ0v) is 11.3. The second-order valence-electron chi connectivity index (χ2n) is 4.54. The molecular formula is C12H16ClNO2S. The summed E-state index contributed by atoms with van der Waals surface area (Å²) < 4.78 is 0. The maximum Gasteiger partial charge on any atom is 0.263 e. The van der Waals surface area contributed by atoms with Crippen LogP contribution in [0.5, 0.6) is 0 Å². The van der Waals surface area contributed by atoms with E-state index in [4.69, 9.17) is 11.6 Å². The molecule has 0 atom stereocenters.